The van der Waals surface area contributed by atoms with Gasteiger partial charge >= 0.3 is 5.97 Å². The molecule has 16 heavy (non-hydrogen) atoms. The van der Waals surface area contributed by atoms with Crippen molar-refractivity contribution in [1.29, 1.82) is 0 Å². The molecule has 0 bridgehead atoms. The molecule has 0 saturated heterocycles. The van der Waals surface area contributed by atoms with Gasteiger partial charge in [-0.2, -0.15) is 0 Å². The number of ether oxygens (including phenoxy) is 1. The Hall–Kier alpha value is -0.810. The average molecular weight is 253 g/mol. The summed E-state index contributed by atoms with van der Waals surface area (Å²) in [7, 11) is 0. The van der Waals surface area contributed by atoms with Crippen molar-refractivity contribution in [2.24, 2.45) is 5.73 Å². The molecule has 0 aromatic heterocycles. The molecule has 0 heterocycles. The van der Waals surface area contributed by atoms with Crippen molar-refractivity contribution >= 4 is 24.3 Å². The van der Waals surface area contributed by atoms with E-state index >= 15 is 0 Å². The standard InChI is InChI=1S/C10H20N2O3.ClH/c1-4-15-9(14)10(2,3)12-8(13)6-5-7-11;/h4-7,11H2,1-3H3,(H,12,13);1H. The zero-order valence-electron chi connectivity index (χ0n) is 10.0. The fourth-order valence-electron chi connectivity index (χ4n) is 1.04. The lowest BCUT2D eigenvalue weighted by Crippen LogP contribution is -2.50. The number of nitrogens with two attached hydrogens (primary N) is 1. The van der Waals surface area contributed by atoms with Gasteiger partial charge in [0.1, 0.15) is 5.54 Å². The van der Waals surface area contributed by atoms with Crippen molar-refractivity contribution in [3.05, 3.63) is 0 Å². The van der Waals surface area contributed by atoms with Gasteiger partial charge in [0.15, 0.2) is 0 Å². The normalized spacial score (nSPS) is 10.2. The molecule has 0 aromatic rings. The molecule has 0 aliphatic heterocycles. The van der Waals surface area contributed by atoms with Gasteiger partial charge in [0.2, 0.25) is 5.91 Å². The molecule has 3 N–H and O–H groups in total. The van der Waals surface area contributed by atoms with E-state index < -0.39 is 11.5 Å². The quantitative estimate of drug-likeness (QED) is 0.679. The van der Waals surface area contributed by atoms with E-state index in [2.05, 4.69) is 5.32 Å². The van der Waals surface area contributed by atoms with E-state index in [9.17, 15) is 9.59 Å². The van der Waals surface area contributed by atoms with Gasteiger partial charge in [-0.25, -0.2) is 4.79 Å². The van der Waals surface area contributed by atoms with Crippen LogP contribution >= 0.6 is 12.4 Å². The Balaban J connectivity index is 0. The van der Waals surface area contributed by atoms with Crippen molar-refractivity contribution in [2.45, 2.75) is 39.2 Å². The zero-order valence-corrected chi connectivity index (χ0v) is 10.9. The summed E-state index contributed by atoms with van der Waals surface area (Å²) < 4.78 is 4.83. The van der Waals surface area contributed by atoms with E-state index in [-0.39, 0.29) is 18.3 Å². The average Bonchev–Trinajstić information content (AvgIpc) is 2.14. The molecule has 1 amide bonds. The van der Waals surface area contributed by atoms with Crippen LogP contribution in [0.1, 0.15) is 33.6 Å². The molecule has 0 atom stereocenters. The van der Waals surface area contributed by atoms with Crippen molar-refractivity contribution in [3.63, 3.8) is 0 Å². The van der Waals surface area contributed by atoms with Crippen LogP contribution in [0.25, 0.3) is 0 Å². The Morgan fingerprint density at radius 3 is 2.38 bits per heavy atom. The highest BCUT2D eigenvalue weighted by atomic mass is 35.5. The highest BCUT2D eigenvalue weighted by molar-refractivity contribution is 5.87. The maximum Gasteiger partial charge on any atom is 0.331 e. The largest absolute Gasteiger partial charge is 0.464 e. The first-order valence-electron chi connectivity index (χ1n) is 5.12. The summed E-state index contributed by atoms with van der Waals surface area (Å²) in [5.74, 6) is -0.607. The first-order valence-corrected chi connectivity index (χ1v) is 5.12. The number of carbonyl (C=O) groups is 2. The van der Waals surface area contributed by atoms with Gasteiger partial charge < -0.3 is 15.8 Å². The minimum atomic E-state index is -0.971. The molecule has 5 nitrogen and oxygen atoms in total. The van der Waals surface area contributed by atoms with Gasteiger partial charge in [-0.3, -0.25) is 4.79 Å². The lowest BCUT2D eigenvalue weighted by Gasteiger charge is -2.23. The molecular formula is C10H21ClN2O3. The van der Waals surface area contributed by atoms with Crippen LogP contribution in [0.4, 0.5) is 0 Å². The molecule has 0 aliphatic carbocycles. The summed E-state index contributed by atoms with van der Waals surface area (Å²) in [5.41, 5.74) is 4.31. The lowest BCUT2D eigenvalue weighted by atomic mass is 10.1. The van der Waals surface area contributed by atoms with Gasteiger partial charge in [0, 0.05) is 6.42 Å². The molecule has 0 fully saturated rings. The van der Waals surface area contributed by atoms with Gasteiger partial charge in [0.05, 0.1) is 6.61 Å². The number of rotatable bonds is 6. The Morgan fingerprint density at radius 1 is 1.38 bits per heavy atom. The first-order chi connectivity index (χ1) is 6.94. The van der Waals surface area contributed by atoms with Crippen LogP contribution in [0.2, 0.25) is 0 Å². The second-order valence-electron chi connectivity index (χ2n) is 3.79. The first kappa shape index (κ1) is 17.6. The Labute approximate surface area is 103 Å². The summed E-state index contributed by atoms with van der Waals surface area (Å²) in [6.07, 6.45) is 0.948. The van der Waals surface area contributed by atoms with Gasteiger partial charge in [-0.1, -0.05) is 0 Å². The number of hydrogen-bond acceptors (Lipinski definition) is 4. The number of nitrogens with one attached hydrogen (secondary N) is 1. The highest BCUT2D eigenvalue weighted by Gasteiger charge is 2.30. The van der Waals surface area contributed by atoms with Crippen molar-refractivity contribution in [2.75, 3.05) is 13.2 Å². The molecule has 96 valence electrons. The molecule has 0 rings (SSSR count). The third-order valence-corrected chi connectivity index (χ3v) is 1.85. The minimum absolute atomic E-state index is 0. The summed E-state index contributed by atoms with van der Waals surface area (Å²) in [5, 5.41) is 2.61. The molecular weight excluding hydrogens is 232 g/mol. The third kappa shape index (κ3) is 6.63. The van der Waals surface area contributed by atoms with E-state index in [1.165, 1.54) is 0 Å². The maximum absolute atomic E-state index is 11.4. The van der Waals surface area contributed by atoms with Gasteiger partial charge in [-0.15, -0.1) is 12.4 Å². The van der Waals surface area contributed by atoms with Crippen LogP contribution < -0.4 is 11.1 Å². The lowest BCUT2D eigenvalue weighted by molar-refractivity contribution is -0.151. The second kappa shape index (κ2) is 8.35. The van der Waals surface area contributed by atoms with Crippen LogP contribution in [0.5, 0.6) is 0 Å². The Kier molecular flexibility index (Phi) is 9.18. The van der Waals surface area contributed by atoms with E-state index in [1.807, 2.05) is 0 Å². The van der Waals surface area contributed by atoms with E-state index in [0.29, 0.717) is 26.0 Å². The van der Waals surface area contributed by atoms with Crippen LogP contribution in [0.3, 0.4) is 0 Å². The van der Waals surface area contributed by atoms with Gasteiger partial charge in [0.25, 0.3) is 0 Å². The fourth-order valence-corrected chi connectivity index (χ4v) is 1.04. The van der Waals surface area contributed by atoms with Crippen LogP contribution in [-0.4, -0.2) is 30.6 Å². The van der Waals surface area contributed by atoms with Crippen molar-refractivity contribution in [1.82, 2.24) is 5.32 Å². The number of hydrogen-bond donors (Lipinski definition) is 2. The monoisotopic (exact) mass is 252 g/mol. The molecule has 0 unspecified atom stereocenters. The zero-order chi connectivity index (χ0) is 11.9. The highest BCUT2D eigenvalue weighted by Crippen LogP contribution is 2.05. The molecule has 0 spiro atoms. The molecule has 0 saturated carbocycles. The second-order valence-corrected chi connectivity index (χ2v) is 3.79. The topological polar surface area (TPSA) is 81.4 Å². The van der Waals surface area contributed by atoms with Crippen molar-refractivity contribution < 1.29 is 14.3 Å². The van der Waals surface area contributed by atoms with E-state index in [4.69, 9.17) is 10.5 Å². The number of amides is 1. The molecule has 6 heteroatoms. The summed E-state index contributed by atoms with van der Waals surface area (Å²) >= 11 is 0. The van der Waals surface area contributed by atoms with Gasteiger partial charge in [-0.05, 0) is 33.7 Å². The molecule has 0 aliphatic rings. The van der Waals surface area contributed by atoms with Crippen LogP contribution in [0.15, 0.2) is 0 Å². The van der Waals surface area contributed by atoms with E-state index in [1.54, 1.807) is 20.8 Å². The predicted octanol–water partition coefficient (Wildman–Crippen LogP) is 0.605. The SMILES string of the molecule is CCOC(=O)C(C)(C)NC(=O)CCCN.Cl. The van der Waals surface area contributed by atoms with Crippen molar-refractivity contribution in [3.8, 4) is 0 Å². The van der Waals surface area contributed by atoms with Crippen LogP contribution in [0, 0.1) is 0 Å². The summed E-state index contributed by atoms with van der Waals surface area (Å²) in [6.45, 7) is 5.73. The smallest absolute Gasteiger partial charge is 0.331 e. The van der Waals surface area contributed by atoms with Crippen LogP contribution in [-0.2, 0) is 14.3 Å². The third-order valence-electron chi connectivity index (χ3n) is 1.85. The molecule has 0 radical (unpaired) electrons. The minimum Gasteiger partial charge on any atom is -0.464 e. The van der Waals surface area contributed by atoms with E-state index in [0.717, 1.165) is 0 Å². The maximum atomic E-state index is 11.4. The summed E-state index contributed by atoms with van der Waals surface area (Å²) in [4.78, 5) is 22.8. The number of halogens is 1. The Morgan fingerprint density at radius 2 is 1.94 bits per heavy atom. The fraction of sp³-hybridized carbons (Fsp3) is 0.800. The predicted molar refractivity (Wildman–Crippen MR) is 64.4 cm³/mol. The molecule has 0 aromatic carbocycles. The number of carbonyl (C=O) groups excluding carboxylic acids is 2. The summed E-state index contributed by atoms with van der Waals surface area (Å²) in [6, 6.07) is 0. The Bertz CT molecular complexity index is 232. The number of esters is 1.